The van der Waals surface area contributed by atoms with Crippen molar-refractivity contribution < 1.29 is 0 Å². The van der Waals surface area contributed by atoms with Gasteiger partial charge in [-0.25, -0.2) is 0 Å². The quantitative estimate of drug-likeness (QED) is 0.668. The molecule has 3 heteroatoms. The molecule has 0 fully saturated rings. The Kier molecular flexibility index (Phi) is 9.16. The highest BCUT2D eigenvalue weighted by molar-refractivity contribution is 9.10. The van der Waals surface area contributed by atoms with E-state index in [4.69, 9.17) is 0 Å². The number of hydrogen-bond donors (Lipinski definition) is 1. The zero-order valence-electron chi connectivity index (χ0n) is 13.2. The van der Waals surface area contributed by atoms with Gasteiger partial charge in [0, 0.05) is 10.5 Å². The van der Waals surface area contributed by atoms with Crippen LogP contribution in [0.15, 0.2) is 28.7 Å². The number of nitrogens with one attached hydrogen (secondary N) is 1. The largest absolute Gasteiger partial charge is 0.310 e. The van der Waals surface area contributed by atoms with Gasteiger partial charge < -0.3 is 10.2 Å². The highest BCUT2D eigenvalue weighted by atomic mass is 79.9. The van der Waals surface area contributed by atoms with Gasteiger partial charge in [-0.2, -0.15) is 0 Å². The van der Waals surface area contributed by atoms with Gasteiger partial charge in [-0.1, -0.05) is 61.3 Å². The summed E-state index contributed by atoms with van der Waals surface area (Å²) in [5.74, 6) is 0. The zero-order valence-corrected chi connectivity index (χ0v) is 14.7. The minimum Gasteiger partial charge on any atom is -0.310 e. The van der Waals surface area contributed by atoms with Gasteiger partial charge >= 0.3 is 0 Å². The number of nitrogens with zero attached hydrogens (tertiary/aromatic N) is 1. The molecule has 1 aromatic rings. The summed E-state index contributed by atoms with van der Waals surface area (Å²) in [5, 5.41) is 3.62. The van der Waals surface area contributed by atoms with Crippen LogP contribution in [0.5, 0.6) is 0 Å². The van der Waals surface area contributed by atoms with Gasteiger partial charge in [0.05, 0.1) is 0 Å². The number of halogens is 1. The molecule has 1 aromatic carbocycles. The second-order valence-corrected chi connectivity index (χ2v) is 6.06. The average molecular weight is 341 g/mol. The van der Waals surface area contributed by atoms with Crippen molar-refractivity contribution in [1.82, 2.24) is 10.2 Å². The van der Waals surface area contributed by atoms with Crippen LogP contribution in [0.3, 0.4) is 0 Å². The summed E-state index contributed by atoms with van der Waals surface area (Å²) < 4.78 is 1.21. The summed E-state index contributed by atoms with van der Waals surface area (Å²) in [6.07, 6.45) is 3.74. The number of hydrogen-bond acceptors (Lipinski definition) is 2. The maximum absolute atomic E-state index is 3.68. The van der Waals surface area contributed by atoms with Crippen LogP contribution in [0.25, 0.3) is 0 Å². The summed E-state index contributed by atoms with van der Waals surface area (Å²) >= 11 is 3.68. The van der Waals surface area contributed by atoms with E-state index >= 15 is 0 Å². The van der Waals surface area contributed by atoms with E-state index in [1.54, 1.807) is 0 Å². The molecule has 1 N–H and O–H groups in total. The molecule has 114 valence electrons. The van der Waals surface area contributed by atoms with Crippen LogP contribution >= 0.6 is 15.9 Å². The van der Waals surface area contributed by atoms with Crippen LogP contribution in [0.4, 0.5) is 0 Å². The summed E-state index contributed by atoms with van der Waals surface area (Å²) in [5.41, 5.74) is 1.38. The molecule has 0 bridgehead atoms. The first-order valence-electron chi connectivity index (χ1n) is 7.93. The van der Waals surface area contributed by atoms with Crippen molar-refractivity contribution in [3.63, 3.8) is 0 Å². The number of rotatable bonds is 10. The number of benzene rings is 1. The molecule has 0 aliphatic heterocycles. The molecule has 0 heterocycles. The van der Waals surface area contributed by atoms with E-state index in [1.807, 2.05) is 0 Å². The van der Waals surface area contributed by atoms with E-state index in [0.717, 1.165) is 26.1 Å². The fourth-order valence-corrected chi connectivity index (χ4v) is 3.05. The van der Waals surface area contributed by atoms with E-state index in [0.29, 0.717) is 6.04 Å². The third-order valence-electron chi connectivity index (χ3n) is 3.74. The topological polar surface area (TPSA) is 15.3 Å². The minimum atomic E-state index is 0.436. The van der Waals surface area contributed by atoms with Gasteiger partial charge in [0.15, 0.2) is 0 Å². The van der Waals surface area contributed by atoms with Crippen molar-refractivity contribution in [2.75, 3.05) is 26.2 Å². The molecule has 0 spiro atoms. The SMILES string of the molecule is CCCCN(CC)CCC(NCC)c1ccccc1Br. The average Bonchev–Trinajstić information content (AvgIpc) is 2.47. The highest BCUT2D eigenvalue weighted by Crippen LogP contribution is 2.25. The smallest absolute Gasteiger partial charge is 0.0343 e. The van der Waals surface area contributed by atoms with Crippen molar-refractivity contribution in [2.24, 2.45) is 0 Å². The fourth-order valence-electron chi connectivity index (χ4n) is 2.49. The Morgan fingerprint density at radius 2 is 1.90 bits per heavy atom. The van der Waals surface area contributed by atoms with Crippen molar-refractivity contribution in [3.8, 4) is 0 Å². The van der Waals surface area contributed by atoms with Crippen LogP contribution in [0.1, 0.15) is 51.6 Å². The van der Waals surface area contributed by atoms with E-state index in [2.05, 4.69) is 71.2 Å². The fraction of sp³-hybridized carbons (Fsp3) is 0.647. The van der Waals surface area contributed by atoms with Crippen LogP contribution in [0.2, 0.25) is 0 Å². The standard InChI is InChI=1S/C17H29BrN2/c1-4-7-13-20(6-3)14-12-17(19-5-2)15-10-8-9-11-16(15)18/h8-11,17,19H,4-7,12-14H2,1-3H3. The Morgan fingerprint density at radius 1 is 1.15 bits per heavy atom. The Labute approximate surface area is 133 Å². The van der Waals surface area contributed by atoms with E-state index in [9.17, 15) is 0 Å². The van der Waals surface area contributed by atoms with E-state index < -0.39 is 0 Å². The second kappa shape index (κ2) is 10.4. The molecule has 0 saturated heterocycles. The lowest BCUT2D eigenvalue weighted by molar-refractivity contribution is 0.265. The predicted octanol–water partition coefficient (Wildman–Crippen LogP) is 4.61. The van der Waals surface area contributed by atoms with Crippen LogP contribution in [-0.2, 0) is 0 Å². The van der Waals surface area contributed by atoms with Gasteiger partial charge in [0.1, 0.15) is 0 Å². The van der Waals surface area contributed by atoms with Crippen molar-refractivity contribution in [3.05, 3.63) is 34.3 Å². The van der Waals surface area contributed by atoms with Crippen molar-refractivity contribution in [2.45, 2.75) is 46.1 Å². The summed E-state index contributed by atoms with van der Waals surface area (Å²) in [7, 11) is 0. The molecular weight excluding hydrogens is 312 g/mol. The minimum absolute atomic E-state index is 0.436. The van der Waals surface area contributed by atoms with E-state index in [-0.39, 0.29) is 0 Å². The van der Waals surface area contributed by atoms with Crippen LogP contribution in [-0.4, -0.2) is 31.1 Å². The third-order valence-corrected chi connectivity index (χ3v) is 4.46. The summed E-state index contributed by atoms with van der Waals surface area (Å²) in [6.45, 7) is 11.2. The number of unbranched alkanes of at least 4 members (excludes halogenated alkanes) is 1. The molecule has 0 radical (unpaired) electrons. The van der Waals surface area contributed by atoms with Crippen molar-refractivity contribution in [1.29, 1.82) is 0 Å². The molecule has 1 unspecified atom stereocenters. The lowest BCUT2D eigenvalue weighted by Crippen LogP contribution is -2.30. The normalized spacial score (nSPS) is 12.8. The maximum atomic E-state index is 3.68. The highest BCUT2D eigenvalue weighted by Gasteiger charge is 2.14. The van der Waals surface area contributed by atoms with Crippen molar-refractivity contribution >= 4 is 15.9 Å². The molecule has 0 saturated carbocycles. The molecule has 20 heavy (non-hydrogen) atoms. The first kappa shape index (κ1) is 17.7. The molecular formula is C17H29BrN2. The van der Waals surface area contributed by atoms with Gasteiger partial charge in [0.25, 0.3) is 0 Å². The Morgan fingerprint density at radius 3 is 2.50 bits per heavy atom. The molecule has 1 atom stereocenters. The van der Waals surface area contributed by atoms with Gasteiger partial charge in [-0.3, -0.25) is 0 Å². The Bertz CT molecular complexity index is 368. The predicted molar refractivity (Wildman–Crippen MR) is 92.2 cm³/mol. The van der Waals surface area contributed by atoms with Gasteiger partial charge in [-0.05, 0) is 50.7 Å². The lowest BCUT2D eigenvalue weighted by Gasteiger charge is -2.25. The first-order chi connectivity index (χ1) is 9.72. The van der Waals surface area contributed by atoms with Gasteiger partial charge in [0.2, 0.25) is 0 Å². The molecule has 2 nitrogen and oxygen atoms in total. The molecule has 0 amide bonds. The van der Waals surface area contributed by atoms with Crippen LogP contribution < -0.4 is 5.32 Å². The zero-order chi connectivity index (χ0) is 14.8. The maximum Gasteiger partial charge on any atom is 0.0343 e. The van der Waals surface area contributed by atoms with E-state index in [1.165, 1.54) is 29.4 Å². The first-order valence-corrected chi connectivity index (χ1v) is 8.72. The summed E-state index contributed by atoms with van der Waals surface area (Å²) in [4.78, 5) is 2.56. The monoisotopic (exact) mass is 340 g/mol. The molecule has 0 aliphatic rings. The lowest BCUT2D eigenvalue weighted by atomic mass is 10.0. The molecule has 1 rings (SSSR count). The Hall–Kier alpha value is -0.380. The summed E-state index contributed by atoms with van der Waals surface area (Å²) in [6, 6.07) is 9.00. The molecule has 0 aromatic heterocycles. The second-order valence-electron chi connectivity index (χ2n) is 5.21. The van der Waals surface area contributed by atoms with Gasteiger partial charge in [-0.15, -0.1) is 0 Å². The molecule has 0 aliphatic carbocycles. The third kappa shape index (κ3) is 5.94. The Balaban J connectivity index is 2.61. The van der Waals surface area contributed by atoms with Crippen LogP contribution in [0, 0.1) is 0 Å².